The zero-order valence-electron chi connectivity index (χ0n) is 17.2. The Morgan fingerprint density at radius 1 is 0.903 bits per heavy atom. The summed E-state index contributed by atoms with van der Waals surface area (Å²) in [4.78, 5) is 2.30. The Hall–Kier alpha value is -2.55. The van der Waals surface area contributed by atoms with E-state index < -0.39 is 10.0 Å². The molecular weight excluding hydrogens is 439 g/mol. The van der Waals surface area contributed by atoms with Gasteiger partial charge in [0, 0.05) is 36.8 Å². The van der Waals surface area contributed by atoms with E-state index in [1.54, 1.807) is 38.1 Å². The Morgan fingerprint density at radius 3 is 2.19 bits per heavy atom. The first kappa shape index (κ1) is 21.7. The van der Waals surface area contributed by atoms with Crippen LogP contribution < -0.4 is 4.90 Å². The van der Waals surface area contributed by atoms with Crippen LogP contribution in [0.1, 0.15) is 11.1 Å². The molecule has 2 heterocycles. The fourth-order valence-corrected chi connectivity index (χ4v) is 5.53. The molecule has 0 aliphatic carbocycles. The molecule has 31 heavy (non-hydrogen) atoms. The molecule has 0 unspecified atom stereocenters. The van der Waals surface area contributed by atoms with Gasteiger partial charge in [-0.1, -0.05) is 11.6 Å². The van der Waals surface area contributed by atoms with Crippen molar-refractivity contribution in [2.75, 3.05) is 31.1 Å². The Bertz CT molecular complexity index is 1190. The molecule has 0 spiro atoms. The van der Waals surface area contributed by atoms with Crippen LogP contribution >= 0.6 is 11.6 Å². The predicted octanol–water partition coefficient (Wildman–Crippen LogP) is 4.06. The smallest absolute Gasteiger partial charge is 0.243 e. The van der Waals surface area contributed by atoms with Crippen LogP contribution in [0.4, 0.5) is 10.2 Å². The van der Waals surface area contributed by atoms with Gasteiger partial charge in [-0.2, -0.15) is 4.31 Å². The first-order chi connectivity index (χ1) is 14.8. The molecule has 6 nitrogen and oxygen atoms in total. The highest BCUT2D eigenvalue weighted by molar-refractivity contribution is 7.89. The number of piperazine rings is 1. The SMILES string of the molecule is Cc1cc(S(=O)(=O)N2CCN(c3ccc(-c4ccc(F)cc4)nn3)CC2)c(C)cc1Cl. The fourth-order valence-electron chi connectivity index (χ4n) is 3.60. The highest BCUT2D eigenvalue weighted by Crippen LogP contribution is 2.27. The number of aryl methyl sites for hydroxylation is 2. The standard InChI is InChI=1S/C22H22ClFN4O2S/c1-15-14-21(16(2)13-19(15)23)31(29,30)28-11-9-27(10-12-28)22-8-7-20(25-26-22)17-3-5-18(24)6-4-17/h3-8,13-14H,9-12H2,1-2H3. The molecule has 0 atom stereocenters. The quantitative estimate of drug-likeness (QED) is 0.587. The molecule has 1 aromatic heterocycles. The third kappa shape index (κ3) is 4.42. The number of anilines is 1. The molecule has 162 valence electrons. The Balaban J connectivity index is 1.46. The first-order valence-corrected chi connectivity index (χ1v) is 11.7. The second kappa shape index (κ2) is 8.53. The topological polar surface area (TPSA) is 66.4 Å². The summed E-state index contributed by atoms with van der Waals surface area (Å²) in [5, 5.41) is 9.08. The van der Waals surface area contributed by atoms with Crippen LogP contribution in [0.2, 0.25) is 5.02 Å². The number of rotatable bonds is 4. The Morgan fingerprint density at radius 2 is 1.58 bits per heavy atom. The minimum Gasteiger partial charge on any atom is -0.352 e. The lowest BCUT2D eigenvalue weighted by molar-refractivity contribution is 0.383. The summed E-state index contributed by atoms with van der Waals surface area (Å²) in [5.41, 5.74) is 2.81. The zero-order valence-corrected chi connectivity index (χ0v) is 18.8. The van der Waals surface area contributed by atoms with Crippen LogP contribution in [-0.2, 0) is 10.0 Å². The molecular formula is C22H22ClFN4O2S. The molecule has 9 heteroatoms. The Labute approximate surface area is 186 Å². The van der Waals surface area contributed by atoms with Crippen LogP contribution in [0.5, 0.6) is 0 Å². The van der Waals surface area contributed by atoms with Gasteiger partial charge >= 0.3 is 0 Å². The lowest BCUT2D eigenvalue weighted by Crippen LogP contribution is -2.49. The van der Waals surface area contributed by atoms with E-state index in [0.717, 1.165) is 11.1 Å². The van der Waals surface area contributed by atoms with Gasteiger partial charge in [0.2, 0.25) is 10.0 Å². The molecule has 0 amide bonds. The van der Waals surface area contributed by atoms with Gasteiger partial charge in [-0.25, -0.2) is 12.8 Å². The van der Waals surface area contributed by atoms with Crippen molar-refractivity contribution in [2.45, 2.75) is 18.7 Å². The van der Waals surface area contributed by atoms with Gasteiger partial charge in [-0.05, 0) is 73.5 Å². The summed E-state index contributed by atoms with van der Waals surface area (Å²) in [6.07, 6.45) is 0. The number of hydrogen-bond acceptors (Lipinski definition) is 5. The molecule has 1 saturated heterocycles. The number of sulfonamides is 1. The average Bonchev–Trinajstić information content (AvgIpc) is 2.77. The van der Waals surface area contributed by atoms with Crippen molar-refractivity contribution in [3.63, 3.8) is 0 Å². The fraction of sp³-hybridized carbons (Fsp3) is 0.273. The van der Waals surface area contributed by atoms with Crippen LogP contribution in [-0.4, -0.2) is 49.1 Å². The first-order valence-electron chi connectivity index (χ1n) is 9.87. The van der Waals surface area contributed by atoms with Crippen LogP contribution in [0.25, 0.3) is 11.3 Å². The van der Waals surface area contributed by atoms with E-state index in [1.165, 1.54) is 16.4 Å². The zero-order chi connectivity index (χ0) is 22.2. The van der Waals surface area contributed by atoms with Crippen molar-refractivity contribution in [2.24, 2.45) is 0 Å². The summed E-state index contributed by atoms with van der Waals surface area (Å²) >= 11 is 6.12. The van der Waals surface area contributed by atoms with E-state index in [2.05, 4.69) is 10.2 Å². The van der Waals surface area contributed by atoms with Crippen LogP contribution in [0, 0.1) is 19.7 Å². The van der Waals surface area contributed by atoms with Crippen molar-refractivity contribution in [1.29, 1.82) is 0 Å². The summed E-state index contributed by atoms with van der Waals surface area (Å²) in [5.74, 6) is 0.381. The monoisotopic (exact) mass is 460 g/mol. The summed E-state index contributed by atoms with van der Waals surface area (Å²) in [6.45, 7) is 5.28. The van der Waals surface area contributed by atoms with Gasteiger partial charge < -0.3 is 4.90 Å². The van der Waals surface area contributed by atoms with E-state index in [4.69, 9.17) is 11.6 Å². The second-order valence-corrected chi connectivity index (χ2v) is 9.86. The number of nitrogens with zero attached hydrogens (tertiary/aromatic N) is 4. The highest BCUT2D eigenvalue weighted by Gasteiger charge is 2.30. The normalized spacial score (nSPS) is 15.3. The van der Waals surface area contributed by atoms with Gasteiger partial charge in [-0.3, -0.25) is 0 Å². The van der Waals surface area contributed by atoms with Crippen molar-refractivity contribution in [3.05, 3.63) is 70.5 Å². The van der Waals surface area contributed by atoms with Crippen LogP contribution in [0.3, 0.4) is 0 Å². The number of halogens is 2. The number of benzene rings is 2. The largest absolute Gasteiger partial charge is 0.352 e. The van der Waals surface area contributed by atoms with E-state index in [0.29, 0.717) is 53.2 Å². The third-order valence-electron chi connectivity index (χ3n) is 5.43. The van der Waals surface area contributed by atoms with E-state index >= 15 is 0 Å². The van der Waals surface area contributed by atoms with Crippen molar-refractivity contribution in [3.8, 4) is 11.3 Å². The lowest BCUT2D eigenvalue weighted by atomic mass is 10.1. The maximum absolute atomic E-state index is 13.1. The molecule has 1 fully saturated rings. The summed E-state index contributed by atoms with van der Waals surface area (Å²) in [6, 6.07) is 13.1. The number of aromatic nitrogens is 2. The predicted molar refractivity (Wildman–Crippen MR) is 119 cm³/mol. The van der Waals surface area contributed by atoms with Gasteiger partial charge in [-0.15, -0.1) is 10.2 Å². The molecule has 2 aromatic carbocycles. The summed E-state index contributed by atoms with van der Waals surface area (Å²) < 4.78 is 40.9. The lowest BCUT2D eigenvalue weighted by Gasteiger charge is -2.34. The second-order valence-electron chi connectivity index (χ2n) is 7.54. The van der Waals surface area contributed by atoms with Crippen molar-refractivity contribution >= 4 is 27.4 Å². The summed E-state index contributed by atoms with van der Waals surface area (Å²) in [7, 11) is -3.60. The van der Waals surface area contributed by atoms with Crippen molar-refractivity contribution in [1.82, 2.24) is 14.5 Å². The van der Waals surface area contributed by atoms with Crippen molar-refractivity contribution < 1.29 is 12.8 Å². The molecule has 3 aromatic rings. The third-order valence-corrected chi connectivity index (χ3v) is 7.87. The highest BCUT2D eigenvalue weighted by atomic mass is 35.5. The van der Waals surface area contributed by atoms with Gasteiger partial charge in [0.05, 0.1) is 10.6 Å². The molecule has 4 rings (SSSR count). The maximum atomic E-state index is 13.1. The minimum atomic E-state index is -3.60. The van der Waals surface area contributed by atoms with Crippen LogP contribution in [0.15, 0.2) is 53.4 Å². The molecule has 0 radical (unpaired) electrons. The molecule has 0 bridgehead atoms. The van der Waals surface area contributed by atoms with Gasteiger partial charge in [0.15, 0.2) is 5.82 Å². The number of hydrogen-bond donors (Lipinski definition) is 0. The van der Waals surface area contributed by atoms with Gasteiger partial charge in [0.25, 0.3) is 0 Å². The van der Waals surface area contributed by atoms with E-state index in [-0.39, 0.29) is 5.82 Å². The molecule has 0 N–H and O–H groups in total. The van der Waals surface area contributed by atoms with E-state index in [1.807, 2.05) is 17.0 Å². The molecule has 1 aliphatic heterocycles. The average molecular weight is 461 g/mol. The molecule has 0 saturated carbocycles. The maximum Gasteiger partial charge on any atom is 0.243 e. The molecule has 1 aliphatic rings. The minimum absolute atomic E-state index is 0.297. The van der Waals surface area contributed by atoms with Gasteiger partial charge in [0.1, 0.15) is 5.82 Å². The Kier molecular flexibility index (Phi) is 5.96. The van der Waals surface area contributed by atoms with E-state index in [9.17, 15) is 12.8 Å².